The number of hydrogen-bond donors (Lipinski definition) is 0. The van der Waals surface area contributed by atoms with E-state index in [1.807, 2.05) is 111 Å². The normalized spacial score (nSPS) is 13.7. The zero-order chi connectivity index (χ0) is 42.9. The van der Waals surface area contributed by atoms with E-state index in [0.717, 1.165) is 45.3 Å². The van der Waals surface area contributed by atoms with Crippen LogP contribution in [0.2, 0.25) is 0 Å². The van der Waals surface area contributed by atoms with Crippen LogP contribution >= 0.6 is 0 Å². The number of sulfonamides is 2. The van der Waals surface area contributed by atoms with Gasteiger partial charge in [0.15, 0.2) is 0 Å². The van der Waals surface area contributed by atoms with E-state index < -0.39 is 30.5 Å². The third-order valence-corrected chi connectivity index (χ3v) is 15.2. The van der Waals surface area contributed by atoms with E-state index in [-0.39, 0.29) is 11.8 Å². The number of hydrogen-bond acceptors (Lipinski definition) is 8. The van der Waals surface area contributed by atoms with E-state index in [0.29, 0.717) is 39.0 Å². The minimum Gasteiger partial charge on any atom is -0.497 e. The molecule has 10 nitrogen and oxygen atoms in total. The first-order valence-corrected chi connectivity index (χ1v) is 22.3. The molecular formula is C46H62N2O8S2. The van der Waals surface area contributed by atoms with Crippen LogP contribution in [0.1, 0.15) is 62.8 Å². The van der Waals surface area contributed by atoms with Crippen molar-refractivity contribution in [2.24, 2.45) is 11.8 Å². The molecule has 12 heteroatoms. The van der Waals surface area contributed by atoms with Gasteiger partial charge < -0.3 is 18.9 Å². The number of nitrogens with zero attached hydrogens (tertiary/aromatic N) is 2. The van der Waals surface area contributed by atoms with Crippen LogP contribution < -0.4 is 18.9 Å². The van der Waals surface area contributed by atoms with Gasteiger partial charge in [0, 0.05) is 26.2 Å². The highest BCUT2D eigenvalue weighted by atomic mass is 32.2. The highest BCUT2D eigenvalue weighted by molar-refractivity contribution is 7.90. The summed E-state index contributed by atoms with van der Waals surface area (Å²) >= 11 is 0. The van der Waals surface area contributed by atoms with Gasteiger partial charge in [0.05, 0.1) is 38.9 Å². The van der Waals surface area contributed by atoms with E-state index in [9.17, 15) is 16.8 Å². The monoisotopic (exact) mass is 834 g/mol. The molecule has 4 aromatic rings. The molecule has 0 N–H and O–H groups in total. The van der Waals surface area contributed by atoms with Gasteiger partial charge in [-0.05, 0) is 109 Å². The Morgan fingerprint density at radius 2 is 0.655 bits per heavy atom. The Hall–Kier alpha value is -4.62. The third kappa shape index (κ3) is 13.8. The Morgan fingerprint density at radius 3 is 0.828 bits per heavy atom. The first-order chi connectivity index (χ1) is 27.6. The van der Waals surface area contributed by atoms with E-state index in [1.54, 1.807) is 63.0 Å². The van der Waals surface area contributed by atoms with Crippen molar-refractivity contribution >= 4 is 20.0 Å². The Morgan fingerprint density at radius 1 is 0.448 bits per heavy atom. The molecular weight excluding hydrogens is 773 g/mol. The summed E-state index contributed by atoms with van der Waals surface area (Å²) in [7, 11) is -0.617. The summed E-state index contributed by atoms with van der Waals surface area (Å²) in [6.45, 7) is 16.1. The summed E-state index contributed by atoms with van der Waals surface area (Å²) in [5.41, 5.74) is 3.64. The SMILES string of the molecule is C=CC[C@H](C)[C@@H](C)S(=O)(=O)N(Cc1ccc(OC)cc1)Cc1ccc(OC)cc1.C=CC[C@H](C)[C@H](C)S(=O)(=O)N(Cc1ccc(OC)cc1)Cc1ccc(OC)cc1. The highest BCUT2D eigenvalue weighted by Crippen LogP contribution is 2.27. The molecule has 4 aromatic carbocycles. The van der Waals surface area contributed by atoms with E-state index >= 15 is 0 Å². The molecule has 4 atom stereocenters. The molecule has 0 fully saturated rings. The lowest BCUT2D eigenvalue weighted by molar-refractivity contribution is 0.381. The summed E-state index contributed by atoms with van der Waals surface area (Å²) in [5, 5.41) is -1.03. The van der Waals surface area contributed by atoms with Crippen molar-refractivity contribution in [3.05, 3.63) is 145 Å². The van der Waals surface area contributed by atoms with Crippen LogP contribution in [0.5, 0.6) is 23.0 Å². The molecule has 0 aromatic heterocycles. The van der Waals surface area contributed by atoms with Crippen molar-refractivity contribution in [3.63, 3.8) is 0 Å². The van der Waals surface area contributed by atoms with E-state index in [1.165, 1.54) is 0 Å². The molecule has 0 saturated carbocycles. The topological polar surface area (TPSA) is 112 Å². The number of rotatable bonds is 22. The molecule has 0 unspecified atom stereocenters. The second-order valence-electron chi connectivity index (χ2n) is 14.4. The number of allylic oxidation sites excluding steroid dienone is 2. The van der Waals surface area contributed by atoms with Gasteiger partial charge >= 0.3 is 0 Å². The van der Waals surface area contributed by atoms with Gasteiger partial charge in [0.2, 0.25) is 20.0 Å². The maximum Gasteiger partial charge on any atom is 0.217 e. The van der Waals surface area contributed by atoms with Crippen LogP contribution in [0.4, 0.5) is 0 Å². The molecule has 0 radical (unpaired) electrons. The fraction of sp³-hybridized carbons (Fsp3) is 0.391. The fourth-order valence-electron chi connectivity index (χ4n) is 6.18. The number of ether oxygens (including phenoxy) is 4. The summed E-state index contributed by atoms with van der Waals surface area (Å²) in [6.07, 6.45) is 4.85. The standard InChI is InChI=1S/2C23H31NO4S/c2*1-6-7-18(2)19(3)29(25,26)24(16-20-8-12-22(27-4)13-9-20)17-21-10-14-23(28-5)15-11-21/h2*6,8-15,18-19H,1,7,16-17H2,2-5H3/t18-,19+;18-,19-/m00/s1. The highest BCUT2D eigenvalue weighted by Gasteiger charge is 2.33. The Kier molecular flexibility index (Phi) is 19.0. The molecule has 0 aliphatic carbocycles. The zero-order valence-electron chi connectivity index (χ0n) is 35.3. The largest absolute Gasteiger partial charge is 0.497 e. The van der Waals surface area contributed by atoms with Crippen molar-refractivity contribution in [2.45, 2.75) is 77.2 Å². The maximum absolute atomic E-state index is 13.4. The lowest BCUT2D eigenvalue weighted by Crippen LogP contribution is -2.39. The molecule has 58 heavy (non-hydrogen) atoms. The van der Waals surface area contributed by atoms with Crippen molar-refractivity contribution in [1.82, 2.24) is 8.61 Å². The smallest absolute Gasteiger partial charge is 0.217 e. The molecule has 4 rings (SSSR count). The lowest BCUT2D eigenvalue weighted by Gasteiger charge is -2.29. The van der Waals surface area contributed by atoms with Gasteiger partial charge in [-0.25, -0.2) is 16.8 Å². The van der Waals surface area contributed by atoms with Crippen molar-refractivity contribution in [3.8, 4) is 23.0 Å². The predicted molar refractivity (Wildman–Crippen MR) is 235 cm³/mol. The minimum absolute atomic E-state index is 0.0215. The maximum atomic E-state index is 13.4. The van der Waals surface area contributed by atoms with Crippen molar-refractivity contribution in [1.29, 1.82) is 0 Å². The summed E-state index contributed by atoms with van der Waals surface area (Å²) < 4.78 is 77.7. The quantitative estimate of drug-likeness (QED) is 0.0721. The van der Waals surface area contributed by atoms with E-state index in [2.05, 4.69) is 13.2 Å². The fourth-order valence-corrected chi connectivity index (χ4v) is 9.83. The molecule has 0 heterocycles. The molecule has 0 saturated heterocycles. The Balaban J connectivity index is 0.000000310. The van der Waals surface area contributed by atoms with Crippen LogP contribution in [0.25, 0.3) is 0 Å². The van der Waals surface area contributed by atoms with Crippen LogP contribution in [-0.2, 0) is 46.2 Å². The third-order valence-electron chi connectivity index (χ3n) is 10.4. The van der Waals surface area contributed by atoms with E-state index in [4.69, 9.17) is 18.9 Å². The van der Waals surface area contributed by atoms with Crippen LogP contribution in [0, 0.1) is 11.8 Å². The van der Waals surface area contributed by atoms with Crippen LogP contribution in [-0.4, -0.2) is 64.4 Å². The molecule has 0 amide bonds. The summed E-state index contributed by atoms with van der Waals surface area (Å²) in [4.78, 5) is 0. The number of benzene rings is 4. The molecule has 0 aliphatic rings. The van der Waals surface area contributed by atoms with Gasteiger partial charge in [-0.1, -0.05) is 74.5 Å². The minimum atomic E-state index is -3.53. The van der Waals surface area contributed by atoms with Gasteiger partial charge in [0.1, 0.15) is 23.0 Å². The summed E-state index contributed by atoms with van der Waals surface area (Å²) in [6, 6.07) is 29.9. The molecule has 0 spiro atoms. The Labute approximate surface area is 348 Å². The second-order valence-corrected chi connectivity index (χ2v) is 19.0. The van der Waals surface area contributed by atoms with Gasteiger partial charge in [-0.3, -0.25) is 0 Å². The average Bonchev–Trinajstić information content (AvgIpc) is 3.24. The summed E-state index contributed by atoms with van der Waals surface area (Å²) in [5.74, 6) is 2.92. The van der Waals surface area contributed by atoms with Gasteiger partial charge in [0.25, 0.3) is 0 Å². The van der Waals surface area contributed by atoms with Gasteiger partial charge in [-0.2, -0.15) is 8.61 Å². The Bertz CT molecular complexity index is 1800. The molecule has 316 valence electrons. The second kappa shape index (κ2) is 23.1. The van der Waals surface area contributed by atoms with Crippen molar-refractivity contribution in [2.75, 3.05) is 28.4 Å². The van der Waals surface area contributed by atoms with Crippen LogP contribution in [0.3, 0.4) is 0 Å². The number of methoxy groups -OCH3 is 4. The van der Waals surface area contributed by atoms with Crippen molar-refractivity contribution < 1.29 is 35.8 Å². The molecule has 0 bridgehead atoms. The molecule has 0 aliphatic heterocycles. The zero-order valence-corrected chi connectivity index (χ0v) is 37.0. The first-order valence-electron chi connectivity index (χ1n) is 19.3. The van der Waals surface area contributed by atoms with Gasteiger partial charge in [-0.15, -0.1) is 13.2 Å². The predicted octanol–water partition coefficient (Wildman–Crippen LogP) is 9.27. The first kappa shape index (κ1) is 47.8. The lowest BCUT2D eigenvalue weighted by atomic mass is 10.1. The average molecular weight is 835 g/mol. The van der Waals surface area contributed by atoms with Crippen LogP contribution in [0.15, 0.2) is 122 Å².